The zero-order valence-electron chi connectivity index (χ0n) is 9.14. The highest BCUT2D eigenvalue weighted by Gasteiger charge is 2.17. The number of carbonyl (C=O) groups is 1. The van der Waals surface area contributed by atoms with Crippen LogP contribution in [-0.2, 0) is 13.5 Å². The molecule has 0 unspecified atom stereocenters. The van der Waals surface area contributed by atoms with Gasteiger partial charge in [-0.05, 0) is 22.4 Å². The molecule has 2 rings (SSSR count). The van der Waals surface area contributed by atoms with Crippen molar-refractivity contribution in [1.82, 2.24) is 9.78 Å². The van der Waals surface area contributed by atoms with Gasteiger partial charge in [0, 0.05) is 13.5 Å². The second-order valence-electron chi connectivity index (χ2n) is 3.42. The first-order valence-electron chi connectivity index (χ1n) is 4.82. The number of methoxy groups -OCH3 is 1. The first-order valence-corrected chi connectivity index (χ1v) is 5.77. The van der Waals surface area contributed by atoms with Crippen molar-refractivity contribution in [3.8, 4) is 5.75 Å². The second-order valence-corrected chi connectivity index (χ2v) is 4.20. The van der Waals surface area contributed by atoms with Crippen molar-refractivity contribution in [3.05, 3.63) is 34.3 Å². The summed E-state index contributed by atoms with van der Waals surface area (Å²) in [5, 5.41) is 7.95. The lowest BCUT2D eigenvalue weighted by molar-refractivity contribution is 0.0981. The fraction of sp³-hybridized carbons (Fsp3) is 0.273. The maximum atomic E-state index is 12.0. The molecule has 0 aliphatic rings. The van der Waals surface area contributed by atoms with Crippen LogP contribution in [0.25, 0.3) is 0 Å². The predicted molar refractivity (Wildman–Crippen MR) is 62.1 cm³/mol. The third-order valence-electron chi connectivity index (χ3n) is 2.33. The number of ketones is 1. The minimum absolute atomic E-state index is 0.0234. The number of aromatic nitrogens is 2. The van der Waals surface area contributed by atoms with Crippen molar-refractivity contribution >= 4 is 17.1 Å². The van der Waals surface area contributed by atoms with Gasteiger partial charge in [0.1, 0.15) is 5.69 Å². The Bertz CT molecular complexity index is 488. The maximum Gasteiger partial charge on any atom is 0.189 e. The molecule has 0 N–H and O–H groups in total. The Morgan fingerprint density at radius 3 is 3.06 bits per heavy atom. The number of hydrogen-bond donors (Lipinski definition) is 0. The van der Waals surface area contributed by atoms with Crippen molar-refractivity contribution in [3.63, 3.8) is 0 Å². The van der Waals surface area contributed by atoms with Crippen molar-refractivity contribution < 1.29 is 9.53 Å². The third kappa shape index (κ3) is 1.99. The van der Waals surface area contributed by atoms with E-state index in [0.29, 0.717) is 17.9 Å². The number of hydrogen-bond acceptors (Lipinski definition) is 4. The molecule has 16 heavy (non-hydrogen) atoms. The molecule has 0 aliphatic carbocycles. The van der Waals surface area contributed by atoms with Crippen LogP contribution >= 0.6 is 11.3 Å². The lowest BCUT2D eigenvalue weighted by Gasteiger charge is -2.03. The minimum atomic E-state index is 0.0234. The van der Waals surface area contributed by atoms with Crippen molar-refractivity contribution in [2.75, 3.05) is 7.11 Å². The Morgan fingerprint density at radius 2 is 2.44 bits per heavy atom. The molecule has 0 radical (unpaired) electrons. The van der Waals surface area contributed by atoms with Crippen molar-refractivity contribution in [2.45, 2.75) is 6.42 Å². The Morgan fingerprint density at radius 1 is 1.62 bits per heavy atom. The summed E-state index contributed by atoms with van der Waals surface area (Å²) in [4.78, 5) is 12.0. The van der Waals surface area contributed by atoms with Crippen LogP contribution in [0.1, 0.15) is 16.1 Å². The van der Waals surface area contributed by atoms with Gasteiger partial charge in [0.15, 0.2) is 11.5 Å². The Hall–Kier alpha value is -1.62. The van der Waals surface area contributed by atoms with Gasteiger partial charge < -0.3 is 4.74 Å². The van der Waals surface area contributed by atoms with Gasteiger partial charge in [-0.15, -0.1) is 0 Å². The van der Waals surface area contributed by atoms with E-state index < -0.39 is 0 Å². The van der Waals surface area contributed by atoms with Crippen LogP contribution in [0.4, 0.5) is 0 Å². The molecule has 0 amide bonds. The molecular weight excluding hydrogens is 224 g/mol. The van der Waals surface area contributed by atoms with Gasteiger partial charge in [-0.1, -0.05) is 0 Å². The summed E-state index contributed by atoms with van der Waals surface area (Å²) in [6.07, 6.45) is 1.94. The number of nitrogens with zero attached hydrogens (tertiary/aromatic N) is 2. The van der Waals surface area contributed by atoms with Gasteiger partial charge in [-0.2, -0.15) is 16.4 Å². The summed E-state index contributed by atoms with van der Waals surface area (Å²) in [6.45, 7) is 0. The number of rotatable bonds is 4. The van der Waals surface area contributed by atoms with Gasteiger partial charge in [-0.3, -0.25) is 9.48 Å². The van der Waals surface area contributed by atoms with Crippen LogP contribution in [-0.4, -0.2) is 22.7 Å². The molecule has 0 aromatic carbocycles. The van der Waals surface area contributed by atoms with E-state index in [-0.39, 0.29) is 5.78 Å². The summed E-state index contributed by atoms with van der Waals surface area (Å²) in [5.41, 5.74) is 1.55. The van der Waals surface area contributed by atoms with Crippen LogP contribution in [0.15, 0.2) is 23.0 Å². The number of Topliss-reactive ketones (excluding diaryl/α,β-unsaturated/α-hetero) is 1. The van der Waals surface area contributed by atoms with Gasteiger partial charge in [0.05, 0.1) is 13.3 Å². The van der Waals surface area contributed by atoms with E-state index in [9.17, 15) is 4.79 Å². The van der Waals surface area contributed by atoms with Crippen LogP contribution in [0.3, 0.4) is 0 Å². The molecule has 0 bridgehead atoms. The normalized spacial score (nSPS) is 10.4. The Kier molecular flexibility index (Phi) is 3.05. The fourth-order valence-electron chi connectivity index (χ4n) is 1.55. The summed E-state index contributed by atoms with van der Waals surface area (Å²) >= 11 is 1.59. The van der Waals surface area contributed by atoms with E-state index in [4.69, 9.17) is 4.74 Å². The molecule has 0 aliphatic heterocycles. The molecule has 2 heterocycles. The lowest BCUT2D eigenvalue weighted by atomic mass is 10.1. The summed E-state index contributed by atoms with van der Waals surface area (Å²) in [7, 11) is 3.28. The lowest BCUT2D eigenvalue weighted by Crippen LogP contribution is -2.10. The molecule has 2 aromatic rings. The smallest absolute Gasteiger partial charge is 0.189 e. The molecule has 4 nitrogen and oxygen atoms in total. The molecule has 0 fully saturated rings. The molecule has 84 valence electrons. The van der Waals surface area contributed by atoms with E-state index in [1.54, 1.807) is 36.4 Å². The van der Waals surface area contributed by atoms with Crippen LogP contribution < -0.4 is 4.74 Å². The fourth-order valence-corrected chi connectivity index (χ4v) is 2.22. The molecule has 0 saturated heterocycles. The average molecular weight is 236 g/mol. The minimum Gasteiger partial charge on any atom is -0.493 e. The monoisotopic (exact) mass is 236 g/mol. The summed E-state index contributed by atoms with van der Waals surface area (Å²) in [6, 6.07) is 1.95. The topological polar surface area (TPSA) is 44.1 Å². The first-order chi connectivity index (χ1) is 7.72. The van der Waals surface area contributed by atoms with Crippen molar-refractivity contribution in [1.29, 1.82) is 0 Å². The standard InChI is InChI=1S/C11H12N2O2S/c1-13-11(10(15-2)6-12-13)9(14)5-8-3-4-16-7-8/h3-4,6-7H,5H2,1-2H3. The first kappa shape index (κ1) is 10.9. The SMILES string of the molecule is COc1cnn(C)c1C(=O)Cc1ccsc1. The molecular formula is C11H12N2O2S. The number of ether oxygens (including phenoxy) is 1. The zero-order chi connectivity index (χ0) is 11.5. The second kappa shape index (κ2) is 4.49. The van der Waals surface area contributed by atoms with E-state index in [1.165, 1.54) is 0 Å². The highest BCUT2D eigenvalue weighted by Crippen LogP contribution is 2.19. The van der Waals surface area contributed by atoms with E-state index >= 15 is 0 Å². The van der Waals surface area contributed by atoms with Crippen molar-refractivity contribution in [2.24, 2.45) is 7.05 Å². The molecule has 0 atom stereocenters. The highest BCUT2D eigenvalue weighted by atomic mass is 32.1. The number of aryl methyl sites for hydroxylation is 1. The predicted octanol–water partition coefficient (Wildman–Crippen LogP) is 1.92. The highest BCUT2D eigenvalue weighted by molar-refractivity contribution is 7.08. The van der Waals surface area contributed by atoms with Gasteiger partial charge in [-0.25, -0.2) is 0 Å². The summed E-state index contributed by atoms with van der Waals surface area (Å²) < 4.78 is 6.65. The third-order valence-corrected chi connectivity index (χ3v) is 3.07. The van der Waals surface area contributed by atoms with E-state index in [0.717, 1.165) is 5.56 Å². The van der Waals surface area contributed by atoms with Gasteiger partial charge in [0.2, 0.25) is 0 Å². The van der Waals surface area contributed by atoms with Crippen LogP contribution in [0, 0.1) is 0 Å². The van der Waals surface area contributed by atoms with Crippen LogP contribution in [0.5, 0.6) is 5.75 Å². The maximum absolute atomic E-state index is 12.0. The van der Waals surface area contributed by atoms with E-state index in [1.807, 2.05) is 16.8 Å². The average Bonchev–Trinajstić information content (AvgIpc) is 2.87. The number of thiophene rings is 1. The molecule has 5 heteroatoms. The van der Waals surface area contributed by atoms with Gasteiger partial charge >= 0.3 is 0 Å². The number of carbonyl (C=O) groups excluding carboxylic acids is 1. The quantitative estimate of drug-likeness (QED) is 0.762. The van der Waals surface area contributed by atoms with Crippen LogP contribution in [0.2, 0.25) is 0 Å². The molecule has 0 spiro atoms. The molecule has 2 aromatic heterocycles. The Labute approximate surface area is 97.5 Å². The zero-order valence-corrected chi connectivity index (χ0v) is 9.95. The largest absolute Gasteiger partial charge is 0.493 e. The summed E-state index contributed by atoms with van der Waals surface area (Å²) in [5.74, 6) is 0.554. The van der Waals surface area contributed by atoms with Gasteiger partial charge in [0.25, 0.3) is 0 Å². The van der Waals surface area contributed by atoms with E-state index in [2.05, 4.69) is 5.10 Å². The molecule has 0 saturated carbocycles. The Balaban J connectivity index is 2.23.